The van der Waals surface area contributed by atoms with Crippen LogP contribution in [0.2, 0.25) is 0 Å². The molecule has 3 atom stereocenters. The lowest BCUT2D eigenvalue weighted by molar-refractivity contribution is 0.104. The van der Waals surface area contributed by atoms with E-state index in [1.165, 1.54) is 0 Å². The van der Waals surface area contributed by atoms with Crippen LogP contribution in [-0.2, 0) is 4.74 Å². The fourth-order valence-corrected chi connectivity index (χ4v) is 6.12. The number of pyridine rings is 2. The van der Waals surface area contributed by atoms with Crippen LogP contribution in [0.5, 0.6) is 17.4 Å². The van der Waals surface area contributed by atoms with Crippen LogP contribution >= 0.6 is 0 Å². The average Bonchev–Trinajstić information content (AvgIpc) is 3.63. The first-order valence-corrected chi connectivity index (χ1v) is 12.8. The molecule has 192 valence electrons. The molecule has 37 heavy (non-hydrogen) atoms. The van der Waals surface area contributed by atoms with E-state index in [4.69, 9.17) is 18.9 Å². The lowest BCUT2D eigenvalue weighted by Gasteiger charge is -2.27. The second-order valence-corrected chi connectivity index (χ2v) is 10.0. The molecule has 1 amide bonds. The van der Waals surface area contributed by atoms with Gasteiger partial charge < -0.3 is 23.8 Å². The van der Waals surface area contributed by atoms with Gasteiger partial charge in [-0.15, -0.1) is 0 Å². The lowest BCUT2D eigenvalue weighted by atomic mass is 10.1. The summed E-state index contributed by atoms with van der Waals surface area (Å²) < 4.78 is 22.5. The third-order valence-corrected chi connectivity index (χ3v) is 7.90. The summed E-state index contributed by atoms with van der Waals surface area (Å²) in [5.41, 5.74) is 3.60. The van der Waals surface area contributed by atoms with Crippen LogP contribution in [0.15, 0.2) is 42.6 Å². The van der Waals surface area contributed by atoms with E-state index in [1.807, 2.05) is 42.6 Å². The molecule has 3 saturated heterocycles. The van der Waals surface area contributed by atoms with Crippen molar-refractivity contribution in [3.05, 3.63) is 42.6 Å². The minimum Gasteiger partial charge on any atom is -0.486 e. The van der Waals surface area contributed by atoms with E-state index >= 15 is 0 Å². The summed E-state index contributed by atoms with van der Waals surface area (Å²) in [4.78, 5) is 28.5. The number of carbonyl (C=O) groups is 1. The minimum atomic E-state index is -0.311. The number of methoxy groups -OCH3 is 1. The minimum absolute atomic E-state index is 0.179. The zero-order valence-corrected chi connectivity index (χ0v) is 20.7. The molecule has 10 nitrogen and oxygen atoms in total. The van der Waals surface area contributed by atoms with E-state index in [0.29, 0.717) is 49.1 Å². The van der Waals surface area contributed by atoms with Gasteiger partial charge in [-0.25, -0.2) is 9.78 Å². The Kier molecular flexibility index (Phi) is 5.42. The molecule has 0 radical (unpaired) electrons. The molecule has 4 aliphatic heterocycles. The fourth-order valence-electron chi connectivity index (χ4n) is 6.12. The second-order valence-electron chi connectivity index (χ2n) is 10.0. The third kappa shape index (κ3) is 3.96. The van der Waals surface area contributed by atoms with E-state index in [0.717, 1.165) is 55.0 Å². The number of hydrogen-bond acceptors (Lipinski definition) is 9. The number of hydrogen-bond donors (Lipinski definition) is 0. The van der Waals surface area contributed by atoms with E-state index in [-0.39, 0.29) is 12.2 Å². The monoisotopic (exact) mass is 503 g/mol. The number of rotatable bonds is 5. The van der Waals surface area contributed by atoms with Crippen molar-refractivity contribution in [1.29, 1.82) is 0 Å². The van der Waals surface area contributed by atoms with Gasteiger partial charge in [0.15, 0.2) is 11.5 Å². The zero-order valence-electron chi connectivity index (χ0n) is 20.7. The van der Waals surface area contributed by atoms with E-state index in [1.54, 1.807) is 12.0 Å². The van der Waals surface area contributed by atoms with Crippen molar-refractivity contribution >= 4 is 28.5 Å². The summed E-state index contributed by atoms with van der Waals surface area (Å²) in [6, 6.07) is 11.9. The number of fused-ring (bicyclic) bond motifs is 3. The van der Waals surface area contributed by atoms with E-state index in [2.05, 4.69) is 19.8 Å². The summed E-state index contributed by atoms with van der Waals surface area (Å²) in [5.74, 6) is 2.54. The molecule has 0 spiro atoms. The van der Waals surface area contributed by atoms with Crippen LogP contribution in [-0.4, -0.2) is 86.2 Å². The largest absolute Gasteiger partial charge is 0.486 e. The van der Waals surface area contributed by atoms with Crippen molar-refractivity contribution in [2.45, 2.75) is 18.6 Å². The molecule has 7 rings (SSSR count). The first-order chi connectivity index (χ1) is 18.2. The Balaban J connectivity index is 1.04. The van der Waals surface area contributed by atoms with Gasteiger partial charge in [0.25, 0.3) is 0 Å². The van der Waals surface area contributed by atoms with Gasteiger partial charge in [0.2, 0.25) is 5.88 Å². The molecule has 2 aromatic heterocycles. The summed E-state index contributed by atoms with van der Waals surface area (Å²) in [6.45, 7) is 5.21. The van der Waals surface area contributed by atoms with Crippen molar-refractivity contribution < 1.29 is 23.7 Å². The predicted octanol–water partition coefficient (Wildman–Crippen LogP) is 2.95. The summed E-state index contributed by atoms with van der Waals surface area (Å²) in [5, 5.41) is 0. The maximum absolute atomic E-state index is 12.8. The highest BCUT2D eigenvalue weighted by atomic mass is 16.6. The number of benzene rings is 1. The van der Waals surface area contributed by atoms with Crippen LogP contribution < -0.4 is 24.0 Å². The SMILES string of the molecule is COc1ccc2nccc(N3C[C@H]4CCN(C[C@@H]5CN(c6ccc7c(c6)OCCO7)C(=O)O5)[C@H]4C3)c2n1. The third-order valence-electron chi connectivity index (χ3n) is 7.90. The Bertz CT molecular complexity index is 1350. The predicted molar refractivity (Wildman–Crippen MR) is 137 cm³/mol. The molecule has 0 saturated carbocycles. The number of aromatic nitrogens is 2. The summed E-state index contributed by atoms with van der Waals surface area (Å²) >= 11 is 0. The van der Waals surface area contributed by atoms with Gasteiger partial charge in [-0.1, -0.05) is 0 Å². The molecular formula is C27H29N5O5. The Morgan fingerprint density at radius 3 is 2.84 bits per heavy atom. The molecular weight excluding hydrogens is 474 g/mol. The molecule has 3 aromatic rings. The maximum Gasteiger partial charge on any atom is 0.414 e. The van der Waals surface area contributed by atoms with Gasteiger partial charge in [0, 0.05) is 44.0 Å². The number of likely N-dealkylation sites (tertiary alicyclic amines) is 1. The van der Waals surface area contributed by atoms with Gasteiger partial charge in [-0.2, -0.15) is 0 Å². The Morgan fingerprint density at radius 2 is 1.95 bits per heavy atom. The van der Waals surface area contributed by atoms with Crippen molar-refractivity contribution in [1.82, 2.24) is 14.9 Å². The molecule has 3 fully saturated rings. The molecule has 0 aliphatic carbocycles. The van der Waals surface area contributed by atoms with Crippen LogP contribution in [0.1, 0.15) is 6.42 Å². The van der Waals surface area contributed by atoms with Gasteiger partial charge >= 0.3 is 6.09 Å². The summed E-state index contributed by atoms with van der Waals surface area (Å²) in [6.07, 6.45) is 2.49. The smallest absolute Gasteiger partial charge is 0.414 e. The number of carbonyl (C=O) groups excluding carboxylic acids is 1. The quantitative estimate of drug-likeness (QED) is 0.521. The standard InChI is InChI=1S/C27H29N5O5/c1-34-25-5-3-20-26(29-25)21(6-8-28-20)31-13-17-7-9-30(22(17)16-31)14-19-15-32(27(33)37-19)18-2-4-23-24(12-18)36-11-10-35-23/h2-6,8,12,17,19,22H,7,9-11,13-16H2,1H3/t17-,19-,22+/m1/s1. The van der Waals surface area contributed by atoms with Crippen LogP contribution in [0.4, 0.5) is 16.2 Å². The highest BCUT2D eigenvalue weighted by Crippen LogP contribution is 2.38. The number of anilines is 2. The van der Waals surface area contributed by atoms with Gasteiger partial charge in [0.05, 0.1) is 30.5 Å². The Morgan fingerprint density at radius 1 is 1.05 bits per heavy atom. The Hall–Kier alpha value is -3.79. The highest BCUT2D eigenvalue weighted by molar-refractivity contribution is 5.90. The van der Waals surface area contributed by atoms with Crippen molar-refractivity contribution in [3.63, 3.8) is 0 Å². The number of amides is 1. The zero-order chi connectivity index (χ0) is 24.9. The maximum atomic E-state index is 12.8. The molecule has 0 bridgehead atoms. The molecule has 4 aliphatic rings. The molecule has 0 N–H and O–H groups in total. The molecule has 6 heterocycles. The lowest BCUT2D eigenvalue weighted by Crippen LogP contribution is -2.41. The van der Waals surface area contributed by atoms with Crippen molar-refractivity contribution in [2.75, 3.05) is 62.8 Å². The van der Waals surface area contributed by atoms with E-state index in [9.17, 15) is 4.79 Å². The number of ether oxygens (including phenoxy) is 4. The average molecular weight is 504 g/mol. The molecule has 1 aromatic carbocycles. The van der Waals surface area contributed by atoms with Crippen molar-refractivity contribution in [2.24, 2.45) is 5.92 Å². The van der Waals surface area contributed by atoms with Crippen LogP contribution in [0, 0.1) is 5.92 Å². The number of nitrogens with zero attached hydrogens (tertiary/aromatic N) is 5. The van der Waals surface area contributed by atoms with E-state index < -0.39 is 0 Å². The fraction of sp³-hybridized carbons (Fsp3) is 0.444. The van der Waals surface area contributed by atoms with Crippen molar-refractivity contribution in [3.8, 4) is 17.4 Å². The topological polar surface area (TPSA) is 89.5 Å². The summed E-state index contributed by atoms with van der Waals surface area (Å²) in [7, 11) is 1.63. The highest BCUT2D eigenvalue weighted by Gasteiger charge is 2.44. The molecule has 10 heteroatoms. The van der Waals surface area contributed by atoms with Crippen LogP contribution in [0.25, 0.3) is 11.0 Å². The first kappa shape index (κ1) is 22.4. The van der Waals surface area contributed by atoms with Gasteiger partial charge in [0.1, 0.15) is 24.8 Å². The molecule has 0 unspecified atom stereocenters. The van der Waals surface area contributed by atoms with Gasteiger partial charge in [-0.05, 0) is 43.1 Å². The number of cyclic esters (lactones) is 1. The van der Waals surface area contributed by atoms with Gasteiger partial charge in [-0.3, -0.25) is 14.8 Å². The Labute approximate surface area is 214 Å². The normalized spacial score (nSPS) is 25.0. The second kappa shape index (κ2) is 8.95. The first-order valence-electron chi connectivity index (χ1n) is 12.8. The van der Waals surface area contributed by atoms with Crippen LogP contribution in [0.3, 0.4) is 0 Å².